The van der Waals surface area contributed by atoms with Gasteiger partial charge in [-0.2, -0.15) is 0 Å². The summed E-state index contributed by atoms with van der Waals surface area (Å²) in [6, 6.07) is 3.05. The van der Waals surface area contributed by atoms with Crippen LogP contribution in [0.2, 0.25) is 0 Å². The number of nitrogens with zero attached hydrogens (tertiary/aromatic N) is 1. The molecule has 0 saturated carbocycles. The Bertz CT molecular complexity index is 1250. The number of aliphatic hydroxyl groups excluding tert-OH is 2. The molecule has 5 atom stereocenters. The van der Waals surface area contributed by atoms with E-state index in [2.05, 4.69) is 23.7 Å². The lowest BCUT2D eigenvalue weighted by Gasteiger charge is -2.52. The molecule has 0 aliphatic heterocycles. The van der Waals surface area contributed by atoms with Crippen molar-refractivity contribution in [3.8, 4) is 5.75 Å². The van der Waals surface area contributed by atoms with Crippen LogP contribution >= 0.6 is 12.2 Å². The summed E-state index contributed by atoms with van der Waals surface area (Å²) in [5.74, 6) is -7.89. The number of phenolic OH excluding ortho intramolecular Hbond substituents is 1. The molecule has 36 heavy (non-hydrogen) atoms. The van der Waals surface area contributed by atoms with Crippen molar-refractivity contribution in [3.05, 3.63) is 52.0 Å². The fourth-order valence-electron chi connectivity index (χ4n) is 5.51. The molecule has 1 aromatic carbocycles. The summed E-state index contributed by atoms with van der Waals surface area (Å²) in [6.07, 6.45) is -0.200. The standard InChI is InChI=1S/C22H24N2O8.CH4N2S/c1-21(31)8-5-4-6-11(25)12(8)16(26)13-9(21)7-10-15(24(2)3)17(27)14(20(23)30)19(29)22(10,32)18(13)28;2-1(3)4/h4-6,9-10,15,25,27-28,31-32H,7H2,1-3H3,(H2,23,30);(H4,2,3,4)/t9-,10-,15-,21+,22-;/m0./s1. The Morgan fingerprint density at radius 2 is 1.67 bits per heavy atom. The number of amides is 1. The third-order valence-electron chi connectivity index (χ3n) is 7.02. The van der Waals surface area contributed by atoms with E-state index in [1.165, 1.54) is 44.1 Å². The average Bonchev–Trinajstić information content (AvgIpc) is 2.73. The minimum atomic E-state index is -2.75. The van der Waals surface area contributed by atoms with Gasteiger partial charge in [-0.1, -0.05) is 12.1 Å². The second kappa shape index (κ2) is 8.85. The topological polar surface area (TPSA) is 234 Å². The van der Waals surface area contributed by atoms with Crippen molar-refractivity contribution >= 4 is 34.8 Å². The number of nitrogens with two attached hydrogens (primary N) is 3. The van der Waals surface area contributed by atoms with Crippen molar-refractivity contribution in [1.82, 2.24) is 4.90 Å². The third kappa shape index (κ3) is 3.71. The van der Waals surface area contributed by atoms with Crippen molar-refractivity contribution in [3.63, 3.8) is 0 Å². The lowest BCUT2D eigenvalue weighted by Crippen LogP contribution is -2.65. The first kappa shape index (κ1) is 27.1. The predicted molar refractivity (Wildman–Crippen MR) is 131 cm³/mol. The number of hydrogen-bond acceptors (Lipinski definition) is 10. The van der Waals surface area contributed by atoms with Crippen LogP contribution in [0.4, 0.5) is 0 Å². The van der Waals surface area contributed by atoms with Crippen LogP contribution in [-0.2, 0) is 15.2 Å². The van der Waals surface area contributed by atoms with Gasteiger partial charge < -0.3 is 42.7 Å². The fourth-order valence-corrected chi connectivity index (χ4v) is 5.51. The number of Topliss-reactive ketones (excluding diaryl/α,β-unsaturated/α-hetero) is 2. The third-order valence-corrected chi connectivity index (χ3v) is 7.02. The number of primary amides is 1. The summed E-state index contributed by atoms with van der Waals surface area (Å²) in [5, 5.41) is 55.0. The van der Waals surface area contributed by atoms with Gasteiger partial charge in [-0.3, -0.25) is 19.3 Å². The molecule has 0 saturated heterocycles. The number of rotatable bonds is 2. The molecular formula is C23H28N4O8S. The summed E-state index contributed by atoms with van der Waals surface area (Å²) in [5.41, 5.74) is 8.59. The largest absolute Gasteiger partial charge is 0.510 e. The number of thiocarbonyl (C=S) groups is 1. The number of hydrogen-bond donors (Lipinski definition) is 8. The van der Waals surface area contributed by atoms with E-state index in [0.29, 0.717) is 0 Å². The van der Waals surface area contributed by atoms with E-state index in [-0.39, 0.29) is 22.7 Å². The van der Waals surface area contributed by atoms with Crippen LogP contribution in [0.1, 0.15) is 29.3 Å². The summed E-state index contributed by atoms with van der Waals surface area (Å²) in [7, 11) is 3.06. The zero-order valence-corrected chi connectivity index (χ0v) is 20.5. The van der Waals surface area contributed by atoms with E-state index < -0.39 is 75.0 Å². The maximum Gasteiger partial charge on any atom is 0.255 e. The number of aliphatic hydroxyl groups is 4. The van der Waals surface area contributed by atoms with Crippen LogP contribution in [0, 0.1) is 11.8 Å². The highest BCUT2D eigenvalue weighted by molar-refractivity contribution is 7.80. The quantitative estimate of drug-likeness (QED) is 0.173. The first-order valence-corrected chi connectivity index (χ1v) is 11.2. The van der Waals surface area contributed by atoms with Crippen molar-refractivity contribution in [2.75, 3.05) is 14.1 Å². The highest BCUT2D eigenvalue weighted by Crippen LogP contribution is 2.56. The Morgan fingerprint density at radius 3 is 2.17 bits per heavy atom. The van der Waals surface area contributed by atoms with Gasteiger partial charge in [0.25, 0.3) is 5.91 Å². The monoisotopic (exact) mass is 520 g/mol. The molecule has 12 nitrogen and oxygen atoms in total. The number of ketones is 2. The highest BCUT2D eigenvalue weighted by Gasteiger charge is 2.65. The molecule has 194 valence electrons. The first-order valence-electron chi connectivity index (χ1n) is 10.8. The molecule has 13 heteroatoms. The van der Waals surface area contributed by atoms with E-state index in [4.69, 9.17) is 5.73 Å². The number of aromatic hydroxyl groups is 1. The van der Waals surface area contributed by atoms with Gasteiger partial charge in [0.05, 0.1) is 17.2 Å². The van der Waals surface area contributed by atoms with Crippen molar-refractivity contribution in [1.29, 1.82) is 0 Å². The van der Waals surface area contributed by atoms with Gasteiger partial charge in [-0.25, -0.2) is 0 Å². The fraction of sp³-hybridized carbons (Fsp3) is 0.391. The molecule has 0 unspecified atom stereocenters. The SMILES string of the molecule is CN(C)[C@@H]1C(O)=C(C(N)=O)C(=O)[C@@]2(O)C(O)=C3C(=O)c4c(O)cccc4[C@@](C)(O)[C@H]3C[C@@H]12.NC(N)=S. The molecule has 1 aromatic rings. The van der Waals surface area contributed by atoms with Gasteiger partial charge >= 0.3 is 0 Å². The van der Waals surface area contributed by atoms with E-state index in [9.17, 15) is 39.9 Å². The minimum absolute atomic E-state index is 0.000000000000000222. The van der Waals surface area contributed by atoms with E-state index in [0.717, 1.165) is 0 Å². The van der Waals surface area contributed by atoms with E-state index in [1.807, 2.05) is 0 Å². The molecule has 0 radical (unpaired) electrons. The van der Waals surface area contributed by atoms with E-state index in [1.54, 1.807) is 0 Å². The van der Waals surface area contributed by atoms with Gasteiger partial charge in [0.2, 0.25) is 5.78 Å². The van der Waals surface area contributed by atoms with Crippen LogP contribution in [0.25, 0.3) is 0 Å². The molecule has 0 heterocycles. The first-order chi connectivity index (χ1) is 16.5. The zero-order valence-electron chi connectivity index (χ0n) is 19.7. The molecule has 0 bridgehead atoms. The van der Waals surface area contributed by atoms with Gasteiger partial charge in [-0.05, 0) is 51.3 Å². The lowest BCUT2D eigenvalue weighted by molar-refractivity contribution is -0.151. The van der Waals surface area contributed by atoms with Crippen molar-refractivity contribution in [2.24, 2.45) is 29.0 Å². The smallest absolute Gasteiger partial charge is 0.255 e. The molecule has 3 aliphatic carbocycles. The van der Waals surface area contributed by atoms with Crippen LogP contribution in [0.5, 0.6) is 5.75 Å². The molecule has 0 fully saturated rings. The van der Waals surface area contributed by atoms with Gasteiger partial charge in [0, 0.05) is 17.4 Å². The second-order valence-corrected chi connectivity index (χ2v) is 9.84. The Labute approximate surface area is 211 Å². The second-order valence-electron chi connectivity index (χ2n) is 9.36. The van der Waals surface area contributed by atoms with Gasteiger partial charge in [-0.15, -0.1) is 0 Å². The van der Waals surface area contributed by atoms with Crippen LogP contribution in [0.3, 0.4) is 0 Å². The Morgan fingerprint density at radius 1 is 1.11 bits per heavy atom. The Balaban J connectivity index is 0.000000840. The molecule has 3 aliphatic rings. The van der Waals surface area contributed by atoms with Crippen LogP contribution < -0.4 is 17.2 Å². The number of carbonyl (C=O) groups is 3. The maximum atomic E-state index is 13.3. The van der Waals surface area contributed by atoms with Gasteiger partial charge in [0.15, 0.2) is 16.5 Å². The number of fused-ring (bicyclic) bond motifs is 3. The number of phenols is 1. The summed E-state index contributed by atoms with van der Waals surface area (Å²) in [4.78, 5) is 39.9. The zero-order chi connectivity index (χ0) is 27.5. The number of carbonyl (C=O) groups excluding carboxylic acids is 3. The van der Waals surface area contributed by atoms with Crippen LogP contribution in [0.15, 0.2) is 40.9 Å². The molecular weight excluding hydrogens is 492 g/mol. The predicted octanol–water partition coefficient (Wildman–Crippen LogP) is -1.03. The molecule has 1 amide bonds. The molecule has 11 N–H and O–H groups in total. The molecule has 4 rings (SSSR count). The summed E-state index contributed by atoms with van der Waals surface area (Å²) < 4.78 is 0. The number of likely N-dealkylation sites (N-methyl/N-ethyl adjacent to an activating group) is 1. The maximum absolute atomic E-state index is 13.3. The highest BCUT2D eigenvalue weighted by atomic mass is 32.1. The van der Waals surface area contributed by atoms with Gasteiger partial charge in [0.1, 0.15) is 22.8 Å². The minimum Gasteiger partial charge on any atom is -0.510 e. The molecule has 0 aromatic heterocycles. The lowest BCUT2D eigenvalue weighted by atomic mass is 9.55. The Kier molecular flexibility index (Phi) is 6.66. The van der Waals surface area contributed by atoms with E-state index >= 15 is 0 Å². The van der Waals surface area contributed by atoms with Crippen molar-refractivity contribution in [2.45, 2.75) is 30.6 Å². The Hall–Kier alpha value is -3.52. The molecule has 0 spiro atoms. The average molecular weight is 521 g/mol. The normalized spacial score (nSPS) is 31.2. The number of benzene rings is 1. The summed E-state index contributed by atoms with van der Waals surface area (Å²) >= 11 is 4.09. The summed E-state index contributed by atoms with van der Waals surface area (Å²) in [6.45, 7) is 1.40. The van der Waals surface area contributed by atoms with Crippen LogP contribution in [-0.4, -0.2) is 78.8 Å². The van der Waals surface area contributed by atoms with Crippen molar-refractivity contribution < 1.29 is 39.9 Å².